The third-order valence-corrected chi connectivity index (χ3v) is 6.94. The van der Waals surface area contributed by atoms with E-state index in [1.54, 1.807) is 18.2 Å². The molecule has 4 rings (SSSR count). The molecule has 1 fully saturated rings. The highest BCUT2D eigenvalue weighted by Crippen LogP contribution is 2.23. The zero-order chi connectivity index (χ0) is 20.3. The lowest BCUT2D eigenvalue weighted by Crippen LogP contribution is -2.28. The normalized spacial score (nSPS) is 14.6. The summed E-state index contributed by atoms with van der Waals surface area (Å²) in [5.74, 6) is -0.337. The molecule has 0 saturated carbocycles. The predicted octanol–water partition coefficient (Wildman–Crippen LogP) is 4.39. The SMILES string of the molecule is O=C(Nc1ccc(-c2ccccc2)cc1)c1cccc(S(=O)(=O)N2CCCC2)c1. The molecule has 1 saturated heterocycles. The Labute approximate surface area is 171 Å². The van der Waals surface area contributed by atoms with Crippen molar-refractivity contribution in [3.8, 4) is 11.1 Å². The average molecular weight is 407 g/mol. The average Bonchev–Trinajstić information content (AvgIpc) is 3.31. The van der Waals surface area contributed by atoms with E-state index in [0.717, 1.165) is 24.0 Å². The van der Waals surface area contributed by atoms with Crippen LogP contribution in [0, 0.1) is 0 Å². The largest absolute Gasteiger partial charge is 0.322 e. The molecule has 0 bridgehead atoms. The van der Waals surface area contributed by atoms with E-state index in [2.05, 4.69) is 5.32 Å². The lowest BCUT2D eigenvalue weighted by molar-refractivity contribution is 0.102. The van der Waals surface area contributed by atoms with Crippen molar-refractivity contribution >= 4 is 21.6 Å². The van der Waals surface area contributed by atoms with Gasteiger partial charge in [-0.2, -0.15) is 4.31 Å². The molecule has 0 aliphatic carbocycles. The number of anilines is 1. The van der Waals surface area contributed by atoms with Crippen molar-refractivity contribution in [2.75, 3.05) is 18.4 Å². The van der Waals surface area contributed by atoms with Crippen LogP contribution < -0.4 is 5.32 Å². The molecule has 1 N–H and O–H groups in total. The molecule has 3 aromatic carbocycles. The summed E-state index contributed by atoms with van der Waals surface area (Å²) in [5, 5.41) is 2.84. The molecule has 0 radical (unpaired) electrons. The van der Waals surface area contributed by atoms with Crippen LogP contribution in [-0.4, -0.2) is 31.7 Å². The minimum absolute atomic E-state index is 0.159. The predicted molar refractivity (Wildman–Crippen MR) is 114 cm³/mol. The number of nitrogens with one attached hydrogen (secondary N) is 1. The Morgan fingerprint density at radius 1 is 0.793 bits per heavy atom. The number of carbonyl (C=O) groups is 1. The van der Waals surface area contributed by atoms with Crippen molar-refractivity contribution in [3.63, 3.8) is 0 Å². The van der Waals surface area contributed by atoms with Crippen LogP contribution in [0.25, 0.3) is 11.1 Å². The Balaban J connectivity index is 1.50. The summed E-state index contributed by atoms with van der Waals surface area (Å²) in [6.45, 7) is 1.07. The van der Waals surface area contributed by atoms with Gasteiger partial charge >= 0.3 is 0 Å². The van der Waals surface area contributed by atoms with Gasteiger partial charge in [-0.05, 0) is 54.3 Å². The molecule has 0 unspecified atom stereocenters. The fourth-order valence-electron chi connectivity index (χ4n) is 3.46. The topological polar surface area (TPSA) is 66.5 Å². The van der Waals surface area contributed by atoms with Crippen LogP contribution in [0.5, 0.6) is 0 Å². The monoisotopic (exact) mass is 406 g/mol. The van der Waals surface area contributed by atoms with E-state index in [9.17, 15) is 13.2 Å². The molecule has 1 heterocycles. The van der Waals surface area contributed by atoms with Crippen molar-refractivity contribution in [1.29, 1.82) is 0 Å². The van der Waals surface area contributed by atoms with Gasteiger partial charge in [0.15, 0.2) is 0 Å². The molecule has 3 aromatic rings. The number of benzene rings is 3. The summed E-state index contributed by atoms with van der Waals surface area (Å²) in [6.07, 6.45) is 1.75. The van der Waals surface area contributed by atoms with E-state index < -0.39 is 10.0 Å². The van der Waals surface area contributed by atoms with E-state index in [-0.39, 0.29) is 10.8 Å². The maximum absolute atomic E-state index is 12.7. The Morgan fingerprint density at radius 3 is 2.14 bits per heavy atom. The number of nitrogens with zero attached hydrogens (tertiary/aromatic N) is 1. The van der Waals surface area contributed by atoms with Gasteiger partial charge in [-0.1, -0.05) is 48.5 Å². The smallest absolute Gasteiger partial charge is 0.255 e. The van der Waals surface area contributed by atoms with Crippen molar-refractivity contribution in [3.05, 3.63) is 84.4 Å². The van der Waals surface area contributed by atoms with Crippen LogP contribution in [-0.2, 0) is 10.0 Å². The molecule has 0 atom stereocenters. The standard InChI is InChI=1S/C23H22N2O3S/c26-23(24-21-13-11-19(12-14-21)18-7-2-1-3-8-18)20-9-6-10-22(17-20)29(27,28)25-15-4-5-16-25/h1-3,6-14,17H,4-5,15-16H2,(H,24,26). The van der Waals surface area contributed by atoms with Crippen molar-refractivity contribution in [2.45, 2.75) is 17.7 Å². The molecule has 1 amide bonds. The van der Waals surface area contributed by atoms with Crippen LogP contribution in [0.1, 0.15) is 23.2 Å². The van der Waals surface area contributed by atoms with E-state index in [4.69, 9.17) is 0 Å². The Bertz CT molecular complexity index is 1100. The van der Waals surface area contributed by atoms with Gasteiger partial charge in [0.1, 0.15) is 0 Å². The van der Waals surface area contributed by atoms with Gasteiger partial charge in [-0.15, -0.1) is 0 Å². The Morgan fingerprint density at radius 2 is 1.45 bits per heavy atom. The van der Waals surface area contributed by atoms with E-state index in [0.29, 0.717) is 24.3 Å². The quantitative estimate of drug-likeness (QED) is 0.683. The molecule has 148 valence electrons. The zero-order valence-corrected chi connectivity index (χ0v) is 16.7. The van der Waals surface area contributed by atoms with E-state index >= 15 is 0 Å². The van der Waals surface area contributed by atoms with Crippen molar-refractivity contribution < 1.29 is 13.2 Å². The lowest BCUT2D eigenvalue weighted by atomic mass is 10.1. The fraction of sp³-hybridized carbons (Fsp3) is 0.174. The molecule has 29 heavy (non-hydrogen) atoms. The minimum atomic E-state index is -3.55. The van der Waals surface area contributed by atoms with Gasteiger partial charge in [-0.25, -0.2) is 8.42 Å². The first-order valence-corrected chi connectivity index (χ1v) is 11.1. The molecule has 1 aliphatic heterocycles. The van der Waals surface area contributed by atoms with Gasteiger partial charge in [0.25, 0.3) is 5.91 Å². The number of hydrogen-bond acceptors (Lipinski definition) is 3. The first-order chi connectivity index (χ1) is 14.0. The van der Waals surface area contributed by atoms with Crippen LogP contribution in [0.3, 0.4) is 0 Å². The Hall–Kier alpha value is -2.96. The van der Waals surface area contributed by atoms with E-state index in [1.165, 1.54) is 10.4 Å². The van der Waals surface area contributed by atoms with Gasteiger partial charge in [-0.3, -0.25) is 4.79 Å². The summed E-state index contributed by atoms with van der Waals surface area (Å²) in [7, 11) is -3.55. The molecule has 1 aliphatic rings. The summed E-state index contributed by atoms with van der Waals surface area (Å²) in [6, 6.07) is 23.8. The number of sulfonamides is 1. The van der Waals surface area contributed by atoms with Crippen LogP contribution in [0.2, 0.25) is 0 Å². The molecule has 5 nitrogen and oxygen atoms in total. The first kappa shape index (κ1) is 19.4. The van der Waals surface area contributed by atoms with Crippen LogP contribution >= 0.6 is 0 Å². The molecular weight excluding hydrogens is 384 g/mol. The van der Waals surface area contributed by atoms with Gasteiger partial charge in [0, 0.05) is 24.3 Å². The molecule has 0 aromatic heterocycles. The lowest BCUT2D eigenvalue weighted by Gasteiger charge is -2.16. The maximum atomic E-state index is 12.7. The second-order valence-corrected chi connectivity index (χ2v) is 8.97. The maximum Gasteiger partial charge on any atom is 0.255 e. The second-order valence-electron chi connectivity index (χ2n) is 7.04. The number of rotatable bonds is 5. The van der Waals surface area contributed by atoms with Gasteiger partial charge in [0.2, 0.25) is 10.0 Å². The third kappa shape index (κ3) is 4.23. The molecular formula is C23H22N2O3S. The number of hydrogen-bond donors (Lipinski definition) is 1. The van der Waals surface area contributed by atoms with Crippen molar-refractivity contribution in [2.24, 2.45) is 0 Å². The highest BCUT2D eigenvalue weighted by Gasteiger charge is 2.27. The van der Waals surface area contributed by atoms with Crippen LogP contribution in [0.15, 0.2) is 83.8 Å². The summed E-state index contributed by atoms with van der Waals surface area (Å²) in [5.41, 5.74) is 3.13. The highest BCUT2D eigenvalue weighted by molar-refractivity contribution is 7.89. The minimum Gasteiger partial charge on any atom is -0.322 e. The number of amides is 1. The van der Waals surface area contributed by atoms with E-state index in [1.807, 2.05) is 54.6 Å². The van der Waals surface area contributed by atoms with Gasteiger partial charge in [0.05, 0.1) is 4.90 Å². The van der Waals surface area contributed by atoms with Crippen LogP contribution in [0.4, 0.5) is 5.69 Å². The number of carbonyl (C=O) groups excluding carboxylic acids is 1. The first-order valence-electron chi connectivity index (χ1n) is 9.61. The van der Waals surface area contributed by atoms with Gasteiger partial charge < -0.3 is 5.32 Å². The zero-order valence-electron chi connectivity index (χ0n) is 15.9. The molecule has 6 heteroatoms. The summed E-state index contributed by atoms with van der Waals surface area (Å²) in [4.78, 5) is 12.8. The summed E-state index contributed by atoms with van der Waals surface area (Å²) >= 11 is 0. The third-order valence-electron chi connectivity index (χ3n) is 5.05. The second kappa shape index (κ2) is 8.19. The summed E-state index contributed by atoms with van der Waals surface area (Å²) < 4.78 is 26.9. The Kier molecular flexibility index (Phi) is 5.47. The van der Waals surface area contributed by atoms with Crippen molar-refractivity contribution in [1.82, 2.24) is 4.31 Å². The molecule has 0 spiro atoms. The highest BCUT2D eigenvalue weighted by atomic mass is 32.2. The fourth-order valence-corrected chi connectivity index (χ4v) is 5.02.